The van der Waals surface area contributed by atoms with E-state index in [0.29, 0.717) is 5.15 Å². The van der Waals surface area contributed by atoms with Crippen LogP contribution in [-0.2, 0) is 13.6 Å². The lowest BCUT2D eigenvalue weighted by Crippen LogP contribution is -2.33. The van der Waals surface area contributed by atoms with Gasteiger partial charge in [0.1, 0.15) is 11.0 Å². The highest BCUT2D eigenvalue weighted by molar-refractivity contribution is 6.29. The van der Waals surface area contributed by atoms with Crippen LogP contribution in [0, 0.1) is 0 Å². The molecule has 0 atom stereocenters. The summed E-state index contributed by atoms with van der Waals surface area (Å²) in [5, 5.41) is 0.715. The molecule has 0 saturated heterocycles. The van der Waals surface area contributed by atoms with Gasteiger partial charge in [0.05, 0.1) is 12.7 Å². The molecule has 16 heavy (non-hydrogen) atoms. The average molecular weight is 242 g/mol. The Kier molecular flexibility index (Phi) is 3.87. The largest absolute Gasteiger partial charge is 0.321 e. The number of imidazole rings is 1. The highest BCUT2D eigenvalue weighted by Crippen LogP contribution is 2.23. The van der Waals surface area contributed by atoms with Crippen molar-refractivity contribution in [2.75, 3.05) is 7.05 Å². The molecule has 1 heterocycles. The fraction of sp³-hybridized carbons (Fsp3) is 0.750. The van der Waals surface area contributed by atoms with Crippen LogP contribution >= 0.6 is 11.6 Å². The van der Waals surface area contributed by atoms with Gasteiger partial charge in [0.25, 0.3) is 0 Å². The molecule has 0 unspecified atom stereocenters. The molecule has 0 spiro atoms. The molecule has 1 saturated carbocycles. The molecular formula is C12H20ClN3. The van der Waals surface area contributed by atoms with Crippen LogP contribution in [0.1, 0.15) is 37.9 Å². The van der Waals surface area contributed by atoms with Gasteiger partial charge in [0.2, 0.25) is 0 Å². The molecule has 0 aliphatic heterocycles. The normalized spacial score (nSPS) is 18.2. The van der Waals surface area contributed by atoms with Crippen LogP contribution < -0.4 is 0 Å². The zero-order valence-corrected chi connectivity index (χ0v) is 10.9. The van der Waals surface area contributed by atoms with Gasteiger partial charge in [0, 0.05) is 13.1 Å². The summed E-state index contributed by atoms with van der Waals surface area (Å²) in [4.78, 5) is 6.75. The molecule has 0 aromatic carbocycles. The molecular weight excluding hydrogens is 222 g/mol. The zero-order valence-electron chi connectivity index (χ0n) is 10.1. The van der Waals surface area contributed by atoms with Crippen LogP contribution in [0.5, 0.6) is 0 Å². The molecule has 1 fully saturated rings. The number of halogens is 1. The molecule has 3 nitrogen and oxygen atoms in total. The van der Waals surface area contributed by atoms with Crippen molar-refractivity contribution in [2.45, 2.75) is 44.7 Å². The first-order chi connectivity index (χ1) is 7.68. The Morgan fingerprint density at radius 2 is 2.12 bits per heavy atom. The minimum absolute atomic E-state index is 0.715. The Hall–Kier alpha value is -0.540. The van der Waals surface area contributed by atoms with Gasteiger partial charge in [-0.25, -0.2) is 4.98 Å². The third-order valence-corrected chi connectivity index (χ3v) is 3.97. The summed E-state index contributed by atoms with van der Waals surface area (Å²) in [6, 6.07) is 0.726. The lowest BCUT2D eigenvalue weighted by Gasteiger charge is -2.30. The van der Waals surface area contributed by atoms with E-state index in [4.69, 9.17) is 11.6 Å². The van der Waals surface area contributed by atoms with Gasteiger partial charge in [-0.3, -0.25) is 4.90 Å². The summed E-state index contributed by atoms with van der Waals surface area (Å²) < 4.78 is 1.96. The second-order valence-electron chi connectivity index (χ2n) is 4.76. The molecule has 1 aromatic rings. The van der Waals surface area contributed by atoms with Gasteiger partial charge in [-0.15, -0.1) is 0 Å². The molecule has 1 aromatic heterocycles. The summed E-state index contributed by atoms with van der Waals surface area (Å²) in [5.41, 5.74) is 0. The molecule has 0 bridgehead atoms. The molecule has 1 aliphatic rings. The number of hydrogen-bond acceptors (Lipinski definition) is 2. The Morgan fingerprint density at radius 3 is 2.69 bits per heavy atom. The maximum Gasteiger partial charge on any atom is 0.128 e. The molecule has 90 valence electrons. The molecule has 0 N–H and O–H groups in total. The number of rotatable bonds is 3. The predicted octanol–water partition coefficient (Wildman–Crippen LogP) is 2.84. The second kappa shape index (κ2) is 5.19. The summed E-state index contributed by atoms with van der Waals surface area (Å²) >= 11 is 5.98. The Balaban J connectivity index is 1.95. The second-order valence-corrected chi connectivity index (χ2v) is 5.15. The Morgan fingerprint density at radius 1 is 1.44 bits per heavy atom. The van der Waals surface area contributed by atoms with Crippen LogP contribution in [-0.4, -0.2) is 27.5 Å². The van der Waals surface area contributed by atoms with Crippen molar-refractivity contribution in [3.63, 3.8) is 0 Å². The monoisotopic (exact) mass is 241 g/mol. The quantitative estimate of drug-likeness (QED) is 0.812. The van der Waals surface area contributed by atoms with Gasteiger partial charge < -0.3 is 4.57 Å². The van der Waals surface area contributed by atoms with E-state index in [1.54, 1.807) is 6.20 Å². The van der Waals surface area contributed by atoms with E-state index in [-0.39, 0.29) is 0 Å². The SMILES string of the molecule is CN(Cc1ncc(Cl)n1C)C1CCCCC1. The summed E-state index contributed by atoms with van der Waals surface area (Å²) in [6.45, 7) is 0.897. The maximum absolute atomic E-state index is 5.98. The van der Waals surface area contributed by atoms with Crippen LogP contribution in [0.25, 0.3) is 0 Å². The first-order valence-corrected chi connectivity index (χ1v) is 6.42. The standard InChI is InChI=1S/C12H20ClN3/c1-15(10-6-4-3-5-7-10)9-12-14-8-11(13)16(12)2/h8,10H,3-7,9H2,1-2H3. The van der Waals surface area contributed by atoms with Crippen molar-refractivity contribution in [3.05, 3.63) is 17.2 Å². The van der Waals surface area contributed by atoms with Crippen molar-refractivity contribution in [1.29, 1.82) is 0 Å². The predicted molar refractivity (Wildman–Crippen MR) is 66.6 cm³/mol. The van der Waals surface area contributed by atoms with Crippen LogP contribution in [0.15, 0.2) is 6.20 Å². The highest BCUT2D eigenvalue weighted by atomic mass is 35.5. The van der Waals surface area contributed by atoms with E-state index in [1.165, 1.54) is 32.1 Å². The van der Waals surface area contributed by atoms with Gasteiger partial charge >= 0.3 is 0 Å². The number of aromatic nitrogens is 2. The molecule has 2 rings (SSSR count). The van der Waals surface area contributed by atoms with Crippen LogP contribution in [0.4, 0.5) is 0 Å². The van der Waals surface area contributed by atoms with Crippen molar-refractivity contribution in [2.24, 2.45) is 7.05 Å². The fourth-order valence-corrected chi connectivity index (χ4v) is 2.59. The van der Waals surface area contributed by atoms with Gasteiger partial charge in [0.15, 0.2) is 0 Å². The number of nitrogens with zero attached hydrogens (tertiary/aromatic N) is 3. The van der Waals surface area contributed by atoms with Crippen LogP contribution in [0.2, 0.25) is 5.15 Å². The van der Waals surface area contributed by atoms with Crippen molar-refractivity contribution < 1.29 is 0 Å². The fourth-order valence-electron chi connectivity index (χ4n) is 2.45. The highest BCUT2D eigenvalue weighted by Gasteiger charge is 2.19. The van der Waals surface area contributed by atoms with Gasteiger partial charge in [-0.05, 0) is 19.9 Å². The lowest BCUT2D eigenvalue weighted by atomic mass is 9.94. The van der Waals surface area contributed by atoms with Crippen molar-refractivity contribution >= 4 is 11.6 Å². The van der Waals surface area contributed by atoms with E-state index in [1.807, 2.05) is 11.6 Å². The van der Waals surface area contributed by atoms with Crippen molar-refractivity contribution in [1.82, 2.24) is 14.5 Å². The van der Waals surface area contributed by atoms with E-state index in [9.17, 15) is 0 Å². The summed E-state index contributed by atoms with van der Waals surface area (Å²) in [5.74, 6) is 1.05. The molecule has 1 aliphatic carbocycles. The van der Waals surface area contributed by atoms with Gasteiger partial charge in [-0.1, -0.05) is 30.9 Å². The maximum atomic E-state index is 5.98. The van der Waals surface area contributed by atoms with E-state index < -0.39 is 0 Å². The summed E-state index contributed by atoms with van der Waals surface area (Å²) in [7, 11) is 4.16. The first-order valence-electron chi connectivity index (χ1n) is 6.05. The van der Waals surface area contributed by atoms with E-state index in [2.05, 4.69) is 16.9 Å². The van der Waals surface area contributed by atoms with Crippen molar-refractivity contribution in [3.8, 4) is 0 Å². The molecule has 0 amide bonds. The minimum Gasteiger partial charge on any atom is -0.321 e. The molecule has 4 heteroatoms. The minimum atomic E-state index is 0.715. The average Bonchev–Trinajstić information content (AvgIpc) is 2.62. The van der Waals surface area contributed by atoms with E-state index in [0.717, 1.165) is 18.4 Å². The number of hydrogen-bond donors (Lipinski definition) is 0. The topological polar surface area (TPSA) is 21.1 Å². The first kappa shape index (κ1) is 11.9. The lowest BCUT2D eigenvalue weighted by molar-refractivity contribution is 0.179. The summed E-state index contributed by atoms with van der Waals surface area (Å²) in [6.07, 6.45) is 8.53. The molecule has 0 radical (unpaired) electrons. The third kappa shape index (κ3) is 2.58. The van der Waals surface area contributed by atoms with Crippen LogP contribution in [0.3, 0.4) is 0 Å². The smallest absolute Gasteiger partial charge is 0.128 e. The van der Waals surface area contributed by atoms with Gasteiger partial charge in [-0.2, -0.15) is 0 Å². The Labute approximate surface area is 102 Å². The Bertz CT molecular complexity index is 342. The zero-order chi connectivity index (χ0) is 11.5. The third-order valence-electron chi connectivity index (χ3n) is 3.62. The van der Waals surface area contributed by atoms with E-state index >= 15 is 0 Å².